The number of carbonyl (C=O) groups is 3. The molecule has 2 amide bonds. The van der Waals surface area contributed by atoms with Crippen molar-refractivity contribution in [3.05, 3.63) is 76.2 Å². The van der Waals surface area contributed by atoms with Crippen LogP contribution in [-0.4, -0.2) is 45.1 Å². The predicted molar refractivity (Wildman–Crippen MR) is 146 cm³/mol. The quantitative estimate of drug-likeness (QED) is 0.354. The molecule has 0 spiro atoms. The number of hydrogen-bond acceptors (Lipinski definition) is 8. The zero-order valence-electron chi connectivity index (χ0n) is 21.5. The van der Waals surface area contributed by atoms with Gasteiger partial charge in [-0.1, -0.05) is 30.3 Å². The van der Waals surface area contributed by atoms with Gasteiger partial charge in [0.2, 0.25) is 5.91 Å². The maximum Gasteiger partial charge on any atom is 0.341 e. The van der Waals surface area contributed by atoms with Crippen molar-refractivity contribution in [2.45, 2.75) is 37.8 Å². The maximum atomic E-state index is 14.2. The summed E-state index contributed by atoms with van der Waals surface area (Å²) in [5.41, 5.74) is 3.91. The van der Waals surface area contributed by atoms with E-state index < -0.39 is 29.9 Å². The van der Waals surface area contributed by atoms with Gasteiger partial charge in [0.15, 0.2) is 6.10 Å². The number of hydrogen-bond donors (Lipinski definition) is 0. The smallest absolute Gasteiger partial charge is 0.341 e. The SMILES string of the molecule is COC(=O)c1c(N2C(=O)[C@H]3[C@H](ON(c4ccccc4)[C@@H]3c3ccc(N(C)C)cc3)C2=O)sc2c1CCCC2. The highest BCUT2D eigenvalue weighted by Crippen LogP contribution is 2.50. The summed E-state index contributed by atoms with van der Waals surface area (Å²) in [6.07, 6.45) is 2.54. The predicted octanol–water partition coefficient (Wildman–Crippen LogP) is 4.53. The number of aryl methyl sites for hydroxylation is 1. The van der Waals surface area contributed by atoms with Crippen LogP contribution in [0.5, 0.6) is 0 Å². The summed E-state index contributed by atoms with van der Waals surface area (Å²) in [5.74, 6) is -2.08. The lowest BCUT2D eigenvalue weighted by atomic mass is 9.90. The average Bonchev–Trinajstić information content (AvgIpc) is 3.59. The summed E-state index contributed by atoms with van der Waals surface area (Å²) in [5, 5.41) is 2.05. The Hall–Kier alpha value is -3.69. The van der Waals surface area contributed by atoms with E-state index in [1.165, 1.54) is 23.3 Å². The van der Waals surface area contributed by atoms with Crippen LogP contribution in [0.2, 0.25) is 0 Å². The molecule has 1 aliphatic carbocycles. The first kappa shape index (κ1) is 24.6. The largest absolute Gasteiger partial charge is 0.465 e. The van der Waals surface area contributed by atoms with E-state index in [0.29, 0.717) is 10.6 Å². The van der Waals surface area contributed by atoms with Crippen LogP contribution in [0, 0.1) is 5.92 Å². The van der Waals surface area contributed by atoms with Crippen LogP contribution in [0.25, 0.3) is 0 Å². The second-order valence-corrected chi connectivity index (χ2v) is 11.1. The lowest BCUT2D eigenvalue weighted by molar-refractivity contribution is -0.126. The molecule has 6 rings (SSSR count). The van der Waals surface area contributed by atoms with E-state index in [-0.39, 0.29) is 5.91 Å². The molecule has 2 fully saturated rings. The highest BCUT2D eigenvalue weighted by Gasteiger charge is 2.61. The molecule has 0 radical (unpaired) electrons. The van der Waals surface area contributed by atoms with Crippen molar-refractivity contribution < 1.29 is 24.0 Å². The van der Waals surface area contributed by atoms with Crippen LogP contribution in [0.4, 0.5) is 16.4 Å². The van der Waals surface area contributed by atoms with E-state index in [4.69, 9.17) is 9.57 Å². The van der Waals surface area contributed by atoms with Gasteiger partial charge in [-0.05, 0) is 61.1 Å². The van der Waals surface area contributed by atoms with E-state index in [2.05, 4.69) is 0 Å². The Labute approximate surface area is 225 Å². The molecule has 3 heterocycles. The minimum atomic E-state index is -0.995. The van der Waals surface area contributed by atoms with Crippen LogP contribution in [0.1, 0.15) is 45.2 Å². The number of anilines is 3. The zero-order chi connectivity index (χ0) is 26.6. The van der Waals surface area contributed by atoms with Crippen molar-refractivity contribution in [3.8, 4) is 0 Å². The van der Waals surface area contributed by atoms with Crippen molar-refractivity contribution in [2.24, 2.45) is 5.92 Å². The molecule has 2 aromatic carbocycles. The van der Waals surface area contributed by atoms with Gasteiger partial charge in [0.1, 0.15) is 10.9 Å². The topological polar surface area (TPSA) is 79.4 Å². The molecule has 38 heavy (non-hydrogen) atoms. The fourth-order valence-electron chi connectivity index (χ4n) is 5.74. The third kappa shape index (κ3) is 3.80. The maximum absolute atomic E-state index is 14.2. The number of hydroxylamine groups is 1. The molecule has 9 heteroatoms. The molecule has 2 aliphatic heterocycles. The summed E-state index contributed by atoms with van der Waals surface area (Å²) in [6.45, 7) is 0. The fourth-order valence-corrected chi connectivity index (χ4v) is 7.13. The molecule has 0 unspecified atom stereocenters. The van der Waals surface area contributed by atoms with Crippen LogP contribution < -0.4 is 14.9 Å². The number of fused-ring (bicyclic) bond motifs is 2. The number of amides is 2. The van der Waals surface area contributed by atoms with Crippen molar-refractivity contribution >= 4 is 45.5 Å². The van der Waals surface area contributed by atoms with E-state index >= 15 is 0 Å². The van der Waals surface area contributed by atoms with Crippen LogP contribution in [0.15, 0.2) is 54.6 Å². The lowest BCUT2D eigenvalue weighted by Crippen LogP contribution is -2.37. The Morgan fingerprint density at radius 2 is 1.71 bits per heavy atom. The molecule has 3 aliphatic rings. The normalized spacial score (nSPS) is 22.4. The number of benzene rings is 2. The van der Waals surface area contributed by atoms with Gasteiger partial charge >= 0.3 is 5.97 Å². The number of ether oxygens (including phenoxy) is 1. The second kappa shape index (κ2) is 9.56. The third-order valence-corrected chi connectivity index (χ3v) is 8.90. The highest BCUT2D eigenvalue weighted by molar-refractivity contribution is 7.17. The fraction of sp³-hybridized carbons (Fsp3) is 0.345. The average molecular weight is 532 g/mol. The number of carbonyl (C=O) groups excluding carboxylic acids is 3. The molecular weight excluding hydrogens is 502 g/mol. The van der Waals surface area contributed by atoms with Gasteiger partial charge in [0, 0.05) is 24.7 Å². The first-order valence-corrected chi connectivity index (χ1v) is 13.6. The Kier molecular flexibility index (Phi) is 6.20. The number of esters is 1. The molecular formula is C29H29N3O5S. The second-order valence-electron chi connectivity index (χ2n) is 10.0. The number of thiophene rings is 1. The summed E-state index contributed by atoms with van der Waals surface area (Å²) in [6, 6.07) is 16.9. The molecule has 8 nitrogen and oxygen atoms in total. The molecule has 2 saturated heterocycles. The molecule has 3 aromatic rings. The number of imide groups is 1. The van der Waals surface area contributed by atoms with Gasteiger partial charge in [0.25, 0.3) is 5.91 Å². The summed E-state index contributed by atoms with van der Waals surface area (Å²) in [4.78, 5) is 51.4. The molecule has 0 saturated carbocycles. The number of rotatable bonds is 5. The van der Waals surface area contributed by atoms with Gasteiger partial charge in [-0.15, -0.1) is 11.3 Å². The van der Waals surface area contributed by atoms with Gasteiger partial charge in [0.05, 0.1) is 24.4 Å². The van der Waals surface area contributed by atoms with Gasteiger partial charge < -0.3 is 9.64 Å². The summed E-state index contributed by atoms with van der Waals surface area (Å²) >= 11 is 1.36. The number of methoxy groups -OCH3 is 1. The Balaban J connectivity index is 1.44. The first-order valence-electron chi connectivity index (χ1n) is 12.8. The molecule has 0 bridgehead atoms. The summed E-state index contributed by atoms with van der Waals surface area (Å²) in [7, 11) is 5.27. The first-order chi connectivity index (χ1) is 18.4. The number of nitrogens with zero attached hydrogens (tertiary/aromatic N) is 3. The minimum Gasteiger partial charge on any atom is -0.465 e. The van der Waals surface area contributed by atoms with E-state index in [9.17, 15) is 14.4 Å². The van der Waals surface area contributed by atoms with Crippen LogP contribution in [-0.2, 0) is 32.0 Å². The Morgan fingerprint density at radius 1 is 1.00 bits per heavy atom. The lowest BCUT2D eigenvalue weighted by Gasteiger charge is -2.29. The van der Waals surface area contributed by atoms with Crippen molar-refractivity contribution in [1.29, 1.82) is 0 Å². The van der Waals surface area contributed by atoms with Gasteiger partial charge in [-0.3, -0.25) is 14.4 Å². The zero-order valence-corrected chi connectivity index (χ0v) is 22.4. The van der Waals surface area contributed by atoms with Crippen molar-refractivity contribution in [3.63, 3.8) is 0 Å². The highest BCUT2D eigenvalue weighted by atomic mass is 32.1. The van der Waals surface area contributed by atoms with Crippen LogP contribution >= 0.6 is 11.3 Å². The third-order valence-electron chi connectivity index (χ3n) is 7.62. The van der Waals surface area contributed by atoms with E-state index in [0.717, 1.165) is 53.1 Å². The standard InChI is InChI=1S/C29H29N3O5S/c1-30(2)18-15-13-17(14-16-18)24-23-25(37-32(24)19-9-5-4-6-10-19)27(34)31(26(23)33)28-22(29(35)36-3)20-11-7-8-12-21(20)38-28/h4-6,9-10,13-16,23-25H,7-8,11-12H2,1-3H3/t23-,24-,25+/m1/s1. The molecule has 196 valence electrons. The Bertz CT molecular complexity index is 1400. The molecule has 1 aromatic heterocycles. The van der Waals surface area contributed by atoms with Gasteiger partial charge in [-0.2, -0.15) is 0 Å². The van der Waals surface area contributed by atoms with Crippen molar-refractivity contribution in [2.75, 3.05) is 36.1 Å². The van der Waals surface area contributed by atoms with Gasteiger partial charge in [-0.25, -0.2) is 14.8 Å². The molecule has 0 N–H and O–H groups in total. The number of para-hydroxylation sites is 1. The molecule has 3 atom stereocenters. The summed E-state index contributed by atoms with van der Waals surface area (Å²) < 4.78 is 5.10. The Morgan fingerprint density at radius 3 is 2.39 bits per heavy atom. The minimum absolute atomic E-state index is 0.348. The monoisotopic (exact) mass is 531 g/mol. The van der Waals surface area contributed by atoms with Crippen LogP contribution in [0.3, 0.4) is 0 Å². The van der Waals surface area contributed by atoms with Crippen molar-refractivity contribution in [1.82, 2.24) is 0 Å². The van der Waals surface area contributed by atoms with E-state index in [1.54, 1.807) is 5.06 Å². The van der Waals surface area contributed by atoms with E-state index in [1.807, 2.05) is 73.6 Å².